The molecular formula is C14H17F2NO5. The van der Waals surface area contributed by atoms with E-state index in [0.717, 1.165) is 0 Å². The van der Waals surface area contributed by atoms with Gasteiger partial charge in [-0.1, -0.05) is 13.0 Å². The van der Waals surface area contributed by atoms with E-state index in [1.54, 1.807) is 6.92 Å². The topological polar surface area (TPSA) is 73.9 Å². The molecule has 0 aliphatic carbocycles. The second-order valence-corrected chi connectivity index (χ2v) is 4.15. The number of ether oxygens (including phenoxy) is 3. The number of amides is 1. The van der Waals surface area contributed by atoms with E-state index in [2.05, 4.69) is 14.8 Å². The van der Waals surface area contributed by atoms with Gasteiger partial charge in [-0.05, 0) is 17.7 Å². The fourth-order valence-electron chi connectivity index (χ4n) is 1.52. The Kier molecular flexibility index (Phi) is 7.07. The van der Waals surface area contributed by atoms with Crippen molar-refractivity contribution in [2.75, 3.05) is 13.7 Å². The first-order valence-electron chi connectivity index (χ1n) is 6.50. The SMILES string of the molecule is CCC(=O)OCC(=O)NCc1ccc(OC(F)F)c(OC)c1. The van der Waals surface area contributed by atoms with Crippen LogP contribution in [0, 0.1) is 0 Å². The van der Waals surface area contributed by atoms with Crippen LogP contribution in [-0.4, -0.2) is 32.2 Å². The van der Waals surface area contributed by atoms with Gasteiger partial charge >= 0.3 is 12.6 Å². The summed E-state index contributed by atoms with van der Waals surface area (Å²) < 4.78 is 38.3. The minimum Gasteiger partial charge on any atom is -0.493 e. The number of halogens is 2. The molecule has 0 aliphatic heterocycles. The van der Waals surface area contributed by atoms with Crippen LogP contribution in [0.3, 0.4) is 0 Å². The number of nitrogens with one attached hydrogen (secondary N) is 1. The predicted molar refractivity (Wildman–Crippen MR) is 72.7 cm³/mol. The van der Waals surface area contributed by atoms with Crippen LogP contribution in [0.25, 0.3) is 0 Å². The lowest BCUT2D eigenvalue weighted by atomic mass is 10.2. The van der Waals surface area contributed by atoms with Crippen LogP contribution < -0.4 is 14.8 Å². The highest BCUT2D eigenvalue weighted by Gasteiger charge is 2.11. The molecule has 0 saturated carbocycles. The lowest BCUT2D eigenvalue weighted by Crippen LogP contribution is -2.28. The predicted octanol–water partition coefficient (Wildman–Crippen LogP) is 1.87. The summed E-state index contributed by atoms with van der Waals surface area (Å²) in [4.78, 5) is 22.4. The molecule has 1 rings (SSSR count). The molecule has 0 saturated heterocycles. The van der Waals surface area contributed by atoms with E-state index in [-0.39, 0.29) is 31.1 Å². The van der Waals surface area contributed by atoms with Crippen molar-refractivity contribution in [1.82, 2.24) is 5.32 Å². The number of methoxy groups -OCH3 is 1. The average molecular weight is 317 g/mol. The van der Waals surface area contributed by atoms with Crippen LogP contribution in [0.5, 0.6) is 11.5 Å². The maximum absolute atomic E-state index is 12.2. The van der Waals surface area contributed by atoms with Crippen LogP contribution in [0.2, 0.25) is 0 Å². The van der Waals surface area contributed by atoms with E-state index in [1.807, 2.05) is 0 Å². The summed E-state index contributed by atoms with van der Waals surface area (Å²) in [5, 5.41) is 2.53. The van der Waals surface area contributed by atoms with Crippen molar-refractivity contribution in [3.05, 3.63) is 23.8 Å². The maximum atomic E-state index is 12.2. The number of esters is 1. The molecule has 122 valence electrons. The Morgan fingerprint density at radius 1 is 1.27 bits per heavy atom. The summed E-state index contributed by atoms with van der Waals surface area (Å²) in [5.41, 5.74) is 0.619. The summed E-state index contributed by atoms with van der Waals surface area (Å²) >= 11 is 0. The Morgan fingerprint density at radius 3 is 2.59 bits per heavy atom. The lowest BCUT2D eigenvalue weighted by molar-refractivity contribution is -0.148. The molecule has 22 heavy (non-hydrogen) atoms. The molecule has 0 aliphatic rings. The van der Waals surface area contributed by atoms with Crippen molar-refractivity contribution in [2.24, 2.45) is 0 Å². The fourth-order valence-corrected chi connectivity index (χ4v) is 1.52. The monoisotopic (exact) mass is 317 g/mol. The first kappa shape index (κ1) is 17.7. The van der Waals surface area contributed by atoms with E-state index in [0.29, 0.717) is 5.56 Å². The van der Waals surface area contributed by atoms with Crippen LogP contribution in [-0.2, 0) is 20.9 Å². The summed E-state index contributed by atoms with van der Waals surface area (Å²) in [7, 11) is 1.32. The molecule has 0 radical (unpaired) electrons. The zero-order valence-electron chi connectivity index (χ0n) is 12.2. The van der Waals surface area contributed by atoms with E-state index in [9.17, 15) is 18.4 Å². The molecule has 8 heteroatoms. The first-order valence-corrected chi connectivity index (χ1v) is 6.50. The molecule has 6 nitrogen and oxygen atoms in total. The molecule has 0 spiro atoms. The van der Waals surface area contributed by atoms with Crippen LogP contribution in [0.1, 0.15) is 18.9 Å². The number of alkyl halides is 2. The van der Waals surface area contributed by atoms with E-state index < -0.39 is 18.5 Å². The highest BCUT2D eigenvalue weighted by Crippen LogP contribution is 2.29. The number of carbonyl (C=O) groups is 2. The molecule has 0 unspecified atom stereocenters. The van der Waals surface area contributed by atoms with Crippen LogP contribution in [0.15, 0.2) is 18.2 Å². The van der Waals surface area contributed by atoms with Crippen molar-refractivity contribution >= 4 is 11.9 Å². The van der Waals surface area contributed by atoms with Crippen LogP contribution in [0.4, 0.5) is 8.78 Å². The van der Waals surface area contributed by atoms with Gasteiger partial charge in [-0.3, -0.25) is 9.59 Å². The molecular weight excluding hydrogens is 300 g/mol. The normalized spacial score (nSPS) is 10.2. The smallest absolute Gasteiger partial charge is 0.387 e. The summed E-state index contributed by atoms with van der Waals surface area (Å²) in [6.45, 7) is -1.56. The molecule has 1 N–H and O–H groups in total. The second-order valence-electron chi connectivity index (χ2n) is 4.15. The van der Waals surface area contributed by atoms with E-state index in [1.165, 1.54) is 25.3 Å². The molecule has 0 heterocycles. The molecule has 0 bridgehead atoms. The van der Waals surface area contributed by atoms with Gasteiger partial charge in [0.25, 0.3) is 5.91 Å². The third-order valence-electron chi connectivity index (χ3n) is 2.59. The number of rotatable bonds is 8. The highest BCUT2D eigenvalue weighted by molar-refractivity contribution is 5.80. The molecule has 1 aromatic carbocycles. The summed E-state index contributed by atoms with van der Waals surface area (Å²) in [6.07, 6.45) is 0.191. The Bertz CT molecular complexity index is 522. The van der Waals surface area contributed by atoms with E-state index >= 15 is 0 Å². The Hall–Kier alpha value is -2.38. The molecule has 0 aromatic heterocycles. The van der Waals surface area contributed by atoms with Gasteiger partial charge in [-0.2, -0.15) is 8.78 Å². The fraction of sp³-hybridized carbons (Fsp3) is 0.429. The van der Waals surface area contributed by atoms with Crippen molar-refractivity contribution in [3.63, 3.8) is 0 Å². The zero-order chi connectivity index (χ0) is 16.5. The first-order chi connectivity index (χ1) is 10.5. The standard InChI is InChI=1S/C14H17F2NO5/c1-3-13(19)21-8-12(18)17-7-9-4-5-10(22-14(15)16)11(6-9)20-2/h4-6,14H,3,7-8H2,1-2H3,(H,17,18). The van der Waals surface area contributed by atoms with Gasteiger partial charge in [0, 0.05) is 13.0 Å². The van der Waals surface area contributed by atoms with Gasteiger partial charge in [0.15, 0.2) is 18.1 Å². The number of benzene rings is 1. The van der Waals surface area contributed by atoms with Gasteiger partial charge in [0.05, 0.1) is 7.11 Å². The van der Waals surface area contributed by atoms with Gasteiger partial charge < -0.3 is 19.5 Å². The molecule has 0 atom stereocenters. The average Bonchev–Trinajstić information content (AvgIpc) is 2.50. The molecule has 1 amide bonds. The Balaban J connectivity index is 2.55. The van der Waals surface area contributed by atoms with Gasteiger partial charge in [0.2, 0.25) is 0 Å². The Labute approximate surface area is 126 Å². The van der Waals surface area contributed by atoms with E-state index in [4.69, 9.17) is 4.74 Å². The Morgan fingerprint density at radius 2 is 2.00 bits per heavy atom. The molecule has 0 fully saturated rings. The van der Waals surface area contributed by atoms with Crippen molar-refractivity contribution < 1.29 is 32.6 Å². The van der Waals surface area contributed by atoms with Gasteiger partial charge in [-0.25, -0.2) is 0 Å². The van der Waals surface area contributed by atoms with Gasteiger partial charge in [-0.15, -0.1) is 0 Å². The third-order valence-corrected chi connectivity index (χ3v) is 2.59. The minimum absolute atomic E-state index is 0.0931. The number of hydrogen-bond donors (Lipinski definition) is 1. The lowest BCUT2D eigenvalue weighted by Gasteiger charge is -2.12. The summed E-state index contributed by atoms with van der Waals surface area (Å²) in [6, 6.07) is 4.30. The van der Waals surface area contributed by atoms with Crippen molar-refractivity contribution in [3.8, 4) is 11.5 Å². The summed E-state index contributed by atoms with van der Waals surface area (Å²) in [5.74, 6) is -0.895. The highest BCUT2D eigenvalue weighted by atomic mass is 19.3. The van der Waals surface area contributed by atoms with Crippen molar-refractivity contribution in [2.45, 2.75) is 26.5 Å². The van der Waals surface area contributed by atoms with Crippen molar-refractivity contribution in [1.29, 1.82) is 0 Å². The second kappa shape index (κ2) is 8.81. The zero-order valence-corrected chi connectivity index (χ0v) is 12.2. The number of hydrogen-bond acceptors (Lipinski definition) is 5. The largest absolute Gasteiger partial charge is 0.493 e. The minimum atomic E-state index is -2.95. The van der Waals surface area contributed by atoms with Gasteiger partial charge in [0.1, 0.15) is 0 Å². The quantitative estimate of drug-likeness (QED) is 0.741. The third kappa shape index (κ3) is 5.94. The maximum Gasteiger partial charge on any atom is 0.387 e. The molecule has 1 aromatic rings. The van der Waals surface area contributed by atoms with Crippen LogP contribution >= 0.6 is 0 Å². The number of carbonyl (C=O) groups excluding carboxylic acids is 2.